The van der Waals surface area contributed by atoms with Crippen LogP contribution in [0.25, 0.3) is 10.8 Å². The maximum atomic E-state index is 12.1. The fraction of sp³-hybridized carbons (Fsp3) is 0.400. The highest BCUT2D eigenvalue weighted by atomic mass is 16.5. The van der Waals surface area contributed by atoms with Crippen LogP contribution < -0.4 is 5.32 Å². The Labute approximate surface area is 117 Å². The number of nitrogens with one attached hydrogen (secondary N) is 1. The van der Waals surface area contributed by atoms with Crippen molar-refractivity contribution >= 4 is 22.5 Å². The molecule has 0 saturated carbocycles. The number of hydrogen-bond donors (Lipinski definition) is 1. The molecule has 20 heavy (non-hydrogen) atoms. The Morgan fingerprint density at radius 2 is 2.10 bits per heavy atom. The predicted octanol–water partition coefficient (Wildman–Crippen LogP) is 2.39. The van der Waals surface area contributed by atoms with Crippen molar-refractivity contribution < 1.29 is 9.53 Å². The SMILES string of the molecule is O=C(CC1CCOCC1)Nc1nccc2ccncc12. The van der Waals surface area contributed by atoms with E-state index in [1.165, 1.54) is 0 Å². The predicted molar refractivity (Wildman–Crippen MR) is 76.3 cm³/mol. The number of fused-ring (bicyclic) bond motifs is 1. The molecule has 5 heteroatoms. The molecule has 104 valence electrons. The average Bonchev–Trinajstić information content (AvgIpc) is 2.48. The first-order valence-electron chi connectivity index (χ1n) is 6.89. The normalized spacial score (nSPS) is 16.2. The third kappa shape index (κ3) is 2.93. The lowest BCUT2D eigenvalue weighted by atomic mass is 9.96. The van der Waals surface area contributed by atoms with Gasteiger partial charge in [-0.3, -0.25) is 9.78 Å². The van der Waals surface area contributed by atoms with Crippen LogP contribution in [0.5, 0.6) is 0 Å². The van der Waals surface area contributed by atoms with Crippen molar-refractivity contribution in [2.75, 3.05) is 18.5 Å². The molecule has 5 nitrogen and oxygen atoms in total. The van der Waals surface area contributed by atoms with Crippen LogP contribution in [0.15, 0.2) is 30.7 Å². The maximum absolute atomic E-state index is 12.1. The van der Waals surface area contributed by atoms with Gasteiger partial charge in [0.1, 0.15) is 5.82 Å². The van der Waals surface area contributed by atoms with E-state index in [-0.39, 0.29) is 5.91 Å². The number of nitrogens with zero attached hydrogens (tertiary/aromatic N) is 2. The van der Waals surface area contributed by atoms with Crippen molar-refractivity contribution in [3.8, 4) is 0 Å². The van der Waals surface area contributed by atoms with Gasteiger partial charge in [-0.2, -0.15) is 0 Å². The van der Waals surface area contributed by atoms with E-state index < -0.39 is 0 Å². The van der Waals surface area contributed by atoms with Crippen molar-refractivity contribution in [1.82, 2.24) is 9.97 Å². The molecule has 1 aliphatic rings. The van der Waals surface area contributed by atoms with E-state index >= 15 is 0 Å². The Balaban J connectivity index is 1.71. The molecule has 1 amide bonds. The summed E-state index contributed by atoms with van der Waals surface area (Å²) < 4.78 is 5.30. The van der Waals surface area contributed by atoms with Crippen LogP contribution in [0.4, 0.5) is 5.82 Å². The molecule has 0 radical (unpaired) electrons. The highest BCUT2D eigenvalue weighted by Crippen LogP contribution is 2.22. The lowest BCUT2D eigenvalue weighted by Crippen LogP contribution is -2.22. The smallest absolute Gasteiger partial charge is 0.225 e. The minimum Gasteiger partial charge on any atom is -0.381 e. The molecule has 0 atom stereocenters. The van der Waals surface area contributed by atoms with Crippen molar-refractivity contribution in [1.29, 1.82) is 0 Å². The van der Waals surface area contributed by atoms with Gasteiger partial charge >= 0.3 is 0 Å². The Bertz CT molecular complexity index is 604. The zero-order valence-corrected chi connectivity index (χ0v) is 11.2. The van der Waals surface area contributed by atoms with Gasteiger partial charge in [0.2, 0.25) is 5.91 Å². The fourth-order valence-corrected chi connectivity index (χ4v) is 2.51. The molecular weight excluding hydrogens is 254 g/mol. The van der Waals surface area contributed by atoms with Gasteiger partial charge in [0.15, 0.2) is 0 Å². The molecule has 1 aliphatic heterocycles. The summed E-state index contributed by atoms with van der Waals surface area (Å²) in [5.74, 6) is 1.02. The second-order valence-electron chi connectivity index (χ2n) is 5.06. The van der Waals surface area contributed by atoms with Gasteiger partial charge in [-0.25, -0.2) is 4.98 Å². The molecule has 0 aliphatic carbocycles. The second-order valence-corrected chi connectivity index (χ2v) is 5.06. The van der Waals surface area contributed by atoms with Crippen LogP contribution in [-0.2, 0) is 9.53 Å². The Kier molecular flexibility index (Phi) is 3.87. The molecule has 1 fully saturated rings. The van der Waals surface area contributed by atoms with Crippen LogP contribution in [0, 0.1) is 5.92 Å². The van der Waals surface area contributed by atoms with E-state index in [9.17, 15) is 4.79 Å². The zero-order valence-electron chi connectivity index (χ0n) is 11.2. The Hall–Kier alpha value is -2.01. The first-order chi connectivity index (χ1) is 9.83. The summed E-state index contributed by atoms with van der Waals surface area (Å²) >= 11 is 0. The van der Waals surface area contributed by atoms with E-state index in [1.54, 1.807) is 18.6 Å². The number of rotatable bonds is 3. The highest BCUT2D eigenvalue weighted by molar-refractivity contribution is 5.99. The van der Waals surface area contributed by atoms with E-state index in [0.717, 1.165) is 36.8 Å². The summed E-state index contributed by atoms with van der Waals surface area (Å²) in [7, 11) is 0. The number of amides is 1. The molecule has 0 unspecified atom stereocenters. The first kappa shape index (κ1) is 13.0. The number of aromatic nitrogens is 2. The second kappa shape index (κ2) is 5.96. The maximum Gasteiger partial charge on any atom is 0.225 e. The average molecular weight is 271 g/mol. The van der Waals surface area contributed by atoms with Crippen LogP contribution in [0.2, 0.25) is 0 Å². The monoisotopic (exact) mass is 271 g/mol. The molecule has 1 saturated heterocycles. The van der Waals surface area contributed by atoms with Crippen molar-refractivity contribution in [2.45, 2.75) is 19.3 Å². The third-order valence-electron chi connectivity index (χ3n) is 3.64. The minimum absolute atomic E-state index is 0.0146. The number of anilines is 1. The van der Waals surface area contributed by atoms with E-state index in [4.69, 9.17) is 4.74 Å². The number of hydrogen-bond acceptors (Lipinski definition) is 4. The summed E-state index contributed by atoms with van der Waals surface area (Å²) in [4.78, 5) is 20.4. The summed E-state index contributed by atoms with van der Waals surface area (Å²) in [6.07, 6.45) is 7.60. The van der Waals surface area contributed by atoms with Gasteiger partial charge in [0.05, 0.1) is 0 Å². The van der Waals surface area contributed by atoms with Crippen molar-refractivity contribution in [3.05, 3.63) is 30.7 Å². The molecule has 0 bridgehead atoms. The zero-order chi connectivity index (χ0) is 13.8. The molecule has 0 spiro atoms. The van der Waals surface area contributed by atoms with Gasteiger partial charge in [0, 0.05) is 43.6 Å². The molecule has 2 aromatic heterocycles. The van der Waals surface area contributed by atoms with Crippen LogP contribution in [0.1, 0.15) is 19.3 Å². The molecule has 2 aromatic rings. The van der Waals surface area contributed by atoms with Gasteiger partial charge in [-0.05, 0) is 36.3 Å². The summed E-state index contributed by atoms with van der Waals surface area (Å²) in [5.41, 5.74) is 0. The van der Waals surface area contributed by atoms with Crippen LogP contribution in [0.3, 0.4) is 0 Å². The molecule has 3 rings (SSSR count). The summed E-state index contributed by atoms with van der Waals surface area (Å²) in [6.45, 7) is 1.52. The van der Waals surface area contributed by atoms with Gasteiger partial charge in [-0.1, -0.05) is 0 Å². The first-order valence-corrected chi connectivity index (χ1v) is 6.89. The standard InChI is InChI=1S/C15H17N3O2/c19-14(9-11-3-7-20-8-4-11)18-15-13-10-16-5-1-12(13)2-6-17-15/h1-2,5-6,10-11H,3-4,7-9H2,(H,17,18,19). The topological polar surface area (TPSA) is 64.1 Å². The highest BCUT2D eigenvalue weighted by Gasteiger charge is 2.18. The number of carbonyl (C=O) groups excluding carboxylic acids is 1. The van der Waals surface area contributed by atoms with Crippen LogP contribution in [-0.4, -0.2) is 29.1 Å². The van der Waals surface area contributed by atoms with E-state index in [2.05, 4.69) is 15.3 Å². The van der Waals surface area contributed by atoms with Gasteiger partial charge in [0.25, 0.3) is 0 Å². The van der Waals surface area contributed by atoms with Crippen molar-refractivity contribution in [3.63, 3.8) is 0 Å². The number of pyridine rings is 2. The van der Waals surface area contributed by atoms with Crippen LogP contribution >= 0.6 is 0 Å². The molecular formula is C15H17N3O2. The van der Waals surface area contributed by atoms with E-state index in [1.807, 2.05) is 12.1 Å². The Morgan fingerprint density at radius 3 is 2.95 bits per heavy atom. The van der Waals surface area contributed by atoms with Crippen molar-refractivity contribution in [2.24, 2.45) is 5.92 Å². The number of carbonyl (C=O) groups is 1. The van der Waals surface area contributed by atoms with E-state index in [0.29, 0.717) is 18.2 Å². The van der Waals surface area contributed by atoms with Gasteiger partial charge in [-0.15, -0.1) is 0 Å². The third-order valence-corrected chi connectivity index (χ3v) is 3.64. The molecule has 3 heterocycles. The Morgan fingerprint density at radius 1 is 1.30 bits per heavy atom. The lowest BCUT2D eigenvalue weighted by molar-refractivity contribution is -0.117. The fourth-order valence-electron chi connectivity index (χ4n) is 2.51. The number of ether oxygens (including phenoxy) is 1. The largest absolute Gasteiger partial charge is 0.381 e. The van der Waals surface area contributed by atoms with Gasteiger partial charge < -0.3 is 10.1 Å². The molecule has 0 aromatic carbocycles. The minimum atomic E-state index is 0.0146. The summed E-state index contributed by atoms with van der Waals surface area (Å²) in [6, 6.07) is 3.82. The quantitative estimate of drug-likeness (QED) is 0.931. The molecule has 1 N–H and O–H groups in total. The summed E-state index contributed by atoms with van der Waals surface area (Å²) in [5, 5.41) is 4.80. The lowest BCUT2D eigenvalue weighted by Gasteiger charge is -2.21.